The molecule has 18 heavy (non-hydrogen) atoms. The third kappa shape index (κ3) is 2.07. The van der Waals surface area contributed by atoms with Crippen molar-refractivity contribution in [2.45, 2.75) is 64.5 Å². The van der Waals surface area contributed by atoms with E-state index in [4.69, 9.17) is 0 Å². The van der Waals surface area contributed by atoms with E-state index in [0.29, 0.717) is 30.0 Å². The number of carbonyl (C=O) groups is 1. The monoisotopic (exact) mass is 250 g/mol. The Labute approximate surface area is 110 Å². The van der Waals surface area contributed by atoms with Gasteiger partial charge >= 0.3 is 0 Å². The van der Waals surface area contributed by atoms with E-state index in [0.717, 1.165) is 6.54 Å². The van der Waals surface area contributed by atoms with Crippen molar-refractivity contribution < 1.29 is 4.79 Å². The van der Waals surface area contributed by atoms with Crippen LogP contribution in [0.25, 0.3) is 0 Å². The Morgan fingerprint density at radius 2 is 2.00 bits per heavy atom. The van der Waals surface area contributed by atoms with E-state index in [1.165, 1.54) is 51.4 Å². The van der Waals surface area contributed by atoms with E-state index in [1.807, 2.05) is 0 Å². The topological polar surface area (TPSA) is 32.3 Å². The maximum Gasteiger partial charge on any atom is 0.237 e. The lowest BCUT2D eigenvalue weighted by atomic mass is 9.66. The molecule has 1 heterocycles. The predicted octanol–water partition coefficient (Wildman–Crippen LogP) is 2.51. The van der Waals surface area contributed by atoms with Gasteiger partial charge in [0.1, 0.15) is 0 Å². The smallest absolute Gasteiger partial charge is 0.237 e. The Balaban J connectivity index is 1.69. The number of carbonyl (C=O) groups excluding carboxylic acids is 1. The zero-order chi connectivity index (χ0) is 12.6. The lowest BCUT2D eigenvalue weighted by molar-refractivity contribution is -0.131. The minimum atomic E-state index is 0.339. The molecule has 0 radical (unpaired) electrons. The van der Waals surface area contributed by atoms with Gasteiger partial charge in [-0.05, 0) is 43.4 Å². The fourth-order valence-electron chi connectivity index (χ4n) is 4.10. The van der Waals surface area contributed by atoms with Gasteiger partial charge in [-0.1, -0.05) is 26.2 Å². The van der Waals surface area contributed by atoms with Crippen LogP contribution in [0.3, 0.4) is 0 Å². The summed E-state index contributed by atoms with van der Waals surface area (Å²) in [7, 11) is 0. The van der Waals surface area contributed by atoms with Gasteiger partial charge in [-0.15, -0.1) is 0 Å². The van der Waals surface area contributed by atoms with Crippen molar-refractivity contribution in [3.8, 4) is 0 Å². The third-order valence-corrected chi connectivity index (χ3v) is 5.63. The second kappa shape index (κ2) is 4.84. The van der Waals surface area contributed by atoms with Gasteiger partial charge in [-0.3, -0.25) is 10.1 Å². The summed E-state index contributed by atoms with van der Waals surface area (Å²) in [6.45, 7) is 3.87. The van der Waals surface area contributed by atoms with Crippen LogP contribution in [0.4, 0.5) is 0 Å². The van der Waals surface area contributed by atoms with Crippen molar-refractivity contribution in [1.29, 1.82) is 0 Å². The third-order valence-electron chi connectivity index (χ3n) is 5.63. The van der Waals surface area contributed by atoms with E-state index in [1.54, 1.807) is 0 Å². The van der Waals surface area contributed by atoms with Gasteiger partial charge in [0.2, 0.25) is 5.91 Å². The number of amides is 1. The van der Waals surface area contributed by atoms with Crippen LogP contribution in [0.15, 0.2) is 0 Å². The van der Waals surface area contributed by atoms with E-state index in [-0.39, 0.29) is 0 Å². The van der Waals surface area contributed by atoms with Crippen molar-refractivity contribution in [2.24, 2.45) is 11.3 Å². The SMILES string of the molecule is CCC1(CN2C(=O)CNC2C2CCCC2)CCC1. The van der Waals surface area contributed by atoms with Gasteiger partial charge in [0.05, 0.1) is 12.7 Å². The molecule has 2 saturated carbocycles. The van der Waals surface area contributed by atoms with Crippen molar-refractivity contribution >= 4 is 5.91 Å². The van der Waals surface area contributed by atoms with Gasteiger partial charge in [-0.2, -0.15) is 0 Å². The Kier molecular flexibility index (Phi) is 3.35. The molecule has 1 saturated heterocycles. The first kappa shape index (κ1) is 12.5. The number of rotatable bonds is 4. The highest BCUT2D eigenvalue weighted by Gasteiger charge is 2.43. The average Bonchev–Trinajstić information content (AvgIpc) is 2.94. The first-order valence-electron chi connectivity index (χ1n) is 7.77. The Bertz CT molecular complexity index is 313. The molecular weight excluding hydrogens is 224 g/mol. The van der Waals surface area contributed by atoms with Crippen molar-refractivity contribution in [3.63, 3.8) is 0 Å². The standard InChI is InChI=1S/C15H26N2O/c1-2-15(8-5-9-15)11-17-13(18)10-16-14(17)12-6-3-4-7-12/h12,14,16H,2-11H2,1H3. The molecule has 1 atom stereocenters. The Hall–Kier alpha value is -0.570. The molecule has 1 amide bonds. The molecule has 1 N–H and O–H groups in total. The maximum atomic E-state index is 12.1. The number of hydrogen-bond donors (Lipinski definition) is 1. The van der Waals surface area contributed by atoms with Crippen molar-refractivity contribution in [1.82, 2.24) is 10.2 Å². The van der Waals surface area contributed by atoms with Crippen LogP contribution in [0.2, 0.25) is 0 Å². The zero-order valence-corrected chi connectivity index (χ0v) is 11.6. The number of nitrogens with one attached hydrogen (secondary N) is 1. The summed E-state index contributed by atoms with van der Waals surface area (Å²) in [5.74, 6) is 1.05. The normalized spacial score (nSPS) is 31.9. The van der Waals surface area contributed by atoms with Gasteiger partial charge in [0.25, 0.3) is 0 Å². The summed E-state index contributed by atoms with van der Waals surface area (Å²) in [5, 5.41) is 3.47. The Morgan fingerprint density at radius 3 is 2.56 bits per heavy atom. The van der Waals surface area contributed by atoms with Crippen LogP contribution in [0, 0.1) is 11.3 Å². The molecule has 0 aromatic rings. The fraction of sp³-hybridized carbons (Fsp3) is 0.933. The average molecular weight is 250 g/mol. The van der Waals surface area contributed by atoms with Gasteiger partial charge in [-0.25, -0.2) is 0 Å². The molecule has 102 valence electrons. The van der Waals surface area contributed by atoms with Gasteiger partial charge in [0.15, 0.2) is 0 Å². The number of hydrogen-bond acceptors (Lipinski definition) is 2. The summed E-state index contributed by atoms with van der Waals surface area (Å²) in [5.41, 5.74) is 0.457. The summed E-state index contributed by atoms with van der Waals surface area (Å²) < 4.78 is 0. The minimum Gasteiger partial charge on any atom is -0.325 e. The molecule has 3 nitrogen and oxygen atoms in total. The maximum absolute atomic E-state index is 12.1. The molecule has 2 aliphatic carbocycles. The highest BCUT2D eigenvalue weighted by molar-refractivity contribution is 5.80. The van der Waals surface area contributed by atoms with Crippen LogP contribution in [-0.2, 0) is 4.79 Å². The summed E-state index contributed by atoms with van der Waals surface area (Å²) in [6.07, 6.45) is 10.9. The lowest BCUT2D eigenvalue weighted by Crippen LogP contribution is -2.49. The summed E-state index contributed by atoms with van der Waals surface area (Å²) in [6, 6.07) is 0. The summed E-state index contributed by atoms with van der Waals surface area (Å²) in [4.78, 5) is 14.3. The molecule has 3 rings (SSSR count). The van der Waals surface area contributed by atoms with Crippen LogP contribution < -0.4 is 5.32 Å². The van der Waals surface area contributed by atoms with Crippen molar-refractivity contribution in [2.75, 3.05) is 13.1 Å². The summed E-state index contributed by atoms with van der Waals surface area (Å²) >= 11 is 0. The molecule has 0 bridgehead atoms. The first-order chi connectivity index (χ1) is 8.74. The second-order valence-electron chi connectivity index (χ2n) is 6.60. The molecule has 1 unspecified atom stereocenters. The molecule has 3 aliphatic rings. The van der Waals surface area contributed by atoms with Crippen LogP contribution in [0.1, 0.15) is 58.3 Å². The molecule has 0 aromatic carbocycles. The highest BCUT2D eigenvalue weighted by atomic mass is 16.2. The van der Waals surface area contributed by atoms with Crippen molar-refractivity contribution in [3.05, 3.63) is 0 Å². The van der Waals surface area contributed by atoms with Gasteiger partial charge < -0.3 is 4.90 Å². The Morgan fingerprint density at radius 1 is 1.28 bits per heavy atom. The minimum absolute atomic E-state index is 0.339. The lowest BCUT2D eigenvalue weighted by Gasteiger charge is -2.45. The van der Waals surface area contributed by atoms with Gasteiger partial charge in [0, 0.05) is 6.54 Å². The highest BCUT2D eigenvalue weighted by Crippen LogP contribution is 2.45. The van der Waals surface area contributed by atoms with Crippen LogP contribution in [-0.4, -0.2) is 30.1 Å². The second-order valence-corrected chi connectivity index (χ2v) is 6.60. The van der Waals surface area contributed by atoms with E-state index in [9.17, 15) is 4.79 Å². The molecular formula is C15H26N2O. The number of nitrogens with zero attached hydrogens (tertiary/aromatic N) is 1. The van der Waals surface area contributed by atoms with Crippen LogP contribution >= 0.6 is 0 Å². The largest absolute Gasteiger partial charge is 0.325 e. The van der Waals surface area contributed by atoms with E-state index in [2.05, 4.69) is 17.1 Å². The first-order valence-corrected chi connectivity index (χ1v) is 7.77. The molecule has 1 aliphatic heterocycles. The molecule has 3 heteroatoms. The van der Waals surface area contributed by atoms with E-state index >= 15 is 0 Å². The van der Waals surface area contributed by atoms with Crippen LogP contribution in [0.5, 0.6) is 0 Å². The molecule has 3 fully saturated rings. The predicted molar refractivity (Wildman–Crippen MR) is 72.0 cm³/mol. The quantitative estimate of drug-likeness (QED) is 0.831. The van der Waals surface area contributed by atoms with E-state index < -0.39 is 0 Å². The molecule has 0 aromatic heterocycles. The fourth-order valence-corrected chi connectivity index (χ4v) is 4.10. The zero-order valence-electron chi connectivity index (χ0n) is 11.6. The molecule has 0 spiro atoms.